The van der Waals surface area contributed by atoms with Crippen LogP contribution in [0.25, 0.3) is 0 Å². The Labute approximate surface area is 131 Å². The molecule has 1 aliphatic rings. The minimum atomic E-state index is -3.52. The smallest absolute Gasteiger partial charge is 0.335 e. The molecule has 2 rings (SSSR count). The van der Waals surface area contributed by atoms with Crippen molar-refractivity contribution in [3.8, 4) is 0 Å². The quantitative estimate of drug-likeness (QED) is 0.824. The number of nitrogens with one attached hydrogen (secondary N) is 1. The number of hydrogen-bond acceptors (Lipinski definition) is 3. The first kappa shape index (κ1) is 16.9. The zero-order chi connectivity index (χ0) is 16.5. The van der Waals surface area contributed by atoms with Gasteiger partial charge in [-0.1, -0.05) is 19.9 Å². The van der Waals surface area contributed by atoms with E-state index in [-0.39, 0.29) is 17.5 Å². The van der Waals surface area contributed by atoms with Crippen LogP contribution in [0.2, 0.25) is 0 Å². The van der Waals surface area contributed by atoms with E-state index in [1.807, 2.05) is 13.8 Å². The molecule has 0 aliphatic heterocycles. The second-order valence-corrected chi connectivity index (χ2v) is 8.00. The average Bonchev–Trinajstić information content (AvgIpc) is 2.77. The molecule has 0 heterocycles. The van der Waals surface area contributed by atoms with Crippen molar-refractivity contribution in [3.63, 3.8) is 0 Å². The van der Waals surface area contributed by atoms with Crippen LogP contribution in [-0.2, 0) is 23.1 Å². The Morgan fingerprint density at radius 1 is 1.36 bits per heavy atom. The first-order valence-corrected chi connectivity index (χ1v) is 8.71. The monoisotopic (exact) mass is 326 g/mol. The maximum Gasteiger partial charge on any atom is 0.335 e. The molecule has 0 saturated heterocycles. The van der Waals surface area contributed by atoms with Crippen LogP contribution in [0.15, 0.2) is 18.2 Å². The lowest BCUT2D eigenvalue weighted by molar-refractivity contribution is 0.0696. The lowest BCUT2D eigenvalue weighted by Crippen LogP contribution is -2.45. The highest BCUT2D eigenvalue weighted by molar-refractivity contribution is 7.87. The highest BCUT2D eigenvalue weighted by Crippen LogP contribution is 2.24. The summed E-state index contributed by atoms with van der Waals surface area (Å²) in [5, 5.41) is 9.01. The van der Waals surface area contributed by atoms with Crippen molar-refractivity contribution in [2.24, 2.45) is 5.92 Å². The summed E-state index contributed by atoms with van der Waals surface area (Å²) in [4.78, 5) is 11.0. The van der Waals surface area contributed by atoms with Crippen LogP contribution in [0.3, 0.4) is 0 Å². The van der Waals surface area contributed by atoms with Crippen LogP contribution < -0.4 is 4.72 Å². The van der Waals surface area contributed by atoms with Crippen molar-refractivity contribution >= 4 is 16.2 Å². The minimum absolute atomic E-state index is 0.223. The molecule has 1 atom stereocenters. The minimum Gasteiger partial charge on any atom is -0.478 e. The predicted molar refractivity (Wildman–Crippen MR) is 84.1 cm³/mol. The third kappa shape index (κ3) is 3.85. The highest BCUT2D eigenvalue weighted by atomic mass is 32.2. The summed E-state index contributed by atoms with van der Waals surface area (Å²) in [6.45, 7) is 4.38. The van der Waals surface area contributed by atoms with Crippen LogP contribution in [0.5, 0.6) is 0 Å². The van der Waals surface area contributed by atoms with Crippen molar-refractivity contribution in [2.75, 3.05) is 13.6 Å². The van der Waals surface area contributed by atoms with Crippen molar-refractivity contribution < 1.29 is 18.3 Å². The van der Waals surface area contributed by atoms with Gasteiger partial charge in [-0.05, 0) is 42.0 Å². The number of carboxylic acids is 1. The molecular weight excluding hydrogens is 304 g/mol. The molecule has 122 valence electrons. The molecular formula is C15H22N2O4S. The van der Waals surface area contributed by atoms with E-state index in [0.29, 0.717) is 19.4 Å². The number of carboxylic acid groups (broad SMARTS) is 1. The summed E-state index contributed by atoms with van der Waals surface area (Å²) >= 11 is 0. The van der Waals surface area contributed by atoms with Gasteiger partial charge in [0.25, 0.3) is 10.2 Å². The molecule has 1 aromatic carbocycles. The Balaban J connectivity index is 2.06. The third-order valence-electron chi connectivity index (χ3n) is 3.73. The fourth-order valence-electron chi connectivity index (χ4n) is 2.75. The van der Waals surface area contributed by atoms with Gasteiger partial charge in [-0.15, -0.1) is 0 Å². The van der Waals surface area contributed by atoms with E-state index in [0.717, 1.165) is 11.1 Å². The van der Waals surface area contributed by atoms with Crippen LogP contribution >= 0.6 is 0 Å². The Bertz CT molecular complexity index is 670. The summed E-state index contributed by atoms with van der Waals surface area (Å²) in [5.41, 5.74) is 2.14. The standard InChI is InChI=1S/C15H22N2O4S/c1-10(2)9-17(3)22(20,21)16-14-7-11-4-5-12(15(18)19)6-13(11)8-14/h4-6,10,14,16H,7-9H2,1-3H3,(H,18,19). The lowest BCUT2D eigenvalue weighted by atomic mass is 10.1. The van der Waals surface area contributed by atoms with Gasteiger partial charge in [-0.3, -0.25) is 0 Å². The maximum absolute atomic E-state index is 12.3. The number of rotatable bonds is 6. The van der Waals surface area contributed by atoms with Gasteiger partial charge in [0.05, 0.1) is 5.56 Å². The fourth-order valence-corrected chi connectivity index (χ4v) is 4.01. The van der Waals surface area contributed by atoms with Crippen molar-refractivity contribution in [1.29, 1.82) is 0 Å². The molecule has 0 saturated carbocycles. The zero-order valence-corrected chi connectivity index (χ0v) is 13.9. The van der Waals surface area contributed by atoms with Gasteiger partial charge in [0.1, 0.15) is 0 Å². The molecule has 0 fully saturated rings. The van der Waals surface area contributed by atoms with Crippen LogP contribution in [0, 0.1) is 5.92 Å². The first-order valence-electron chi connectivity index (χ1n) is 7.27. The van der Waals surface area contributed by atoms with E-state index in [2.05, 4.69) is 4.72 Å². The molecule has 1 unspecified atom stereocenters. The van der Waals surface area contributed by atoms with Gasteiger partial charge in [0, 0.05) is 19.6 Å². The van der Waals surface area contributed by atoms with E-state index >= 15 is 0 Å². The van der Waals surface area contributed by atoms with Gasteiger partial charge in [-0.25, -0.2) is 4.79 Å². The van der Waals surface area contributed by atoms with Gasteiger partial charge in [0.15, 0.2) is 0 Å². The zero-order valence-electron chi connectivity index (χ0n) is 13.0. The molecule has 0 amide bonds. The number of carbonyl (C=O) groups is 1. The number of aromatic carboxylic acids is 1. The van der Waals surface area contributed by atoms with E-state index in [1.54, 1.807) is 25.2 Å². The Morgan fingerprint density at radius 3 is 2.59 bits per heavy atom. The highest BCUT2D eigenvalue weighted by Gasteiger charge is 2.28. The number of nitrogens with zero attached hydrogens (tertiary/aromatic N) is 1. The third-order valence-corrected chi connectivity index (χ3v) is 5.33. The molecule has 0 spiro atoms. The van der Waals surface area contributed by atoms with Crippen LogP contribution in [0.4, 0.5) is 0 Å². The Morgan fingerprint density at radius 2 is 2.00 bits per heavy atom. The van der Waals surface area contributed by atoms with Crippen LogP contribution in [0.1, 0.15) is 35.3 Å². The molecule has 7 heteroatoms. The van der Waals surface area contributed by atoms with Crippen molar-refractivity contribution in [2.45, 2.75) is 32.7 Å². The summed E-state index contributed by atoms with van der Waals surface area (Å²) in [7, 11) is -1.95. The second kappa shape index (κ2) is 6.36. The second-order valence-electron chi connectivity index (χ2n) is 6.19. The van der Waals surface area contributed by atoms with Gasteiger partial charge >= 0.3 is 5.97 Å². The van der Waals surface area contributed by atoms with E-state index in [1.165, 1.54) is 4.31 Å². The largest absolute Gasteiger partial charge is 0.478 e. The number of benzene rings is 1. The van der Waals surface area contributed by atoms with E-state index < -0.39 is 16.2 Å². The Hall–Kier alpha value is -1.44. The molecule has 0 aromatic heterocycles. The fraction of sp³-hybridized carbons (Fsp3) is 0.533. The first-order chi connectivity index (χ1) is 10.2. The van der Waals surface area contributed by atoms with Crippen molar-refractivity contribution in [1.82, 2.24) is 9.03 Å². The van der Waals surface area contributed by atoms with Gasteiger partial charge in [-0.2, -0.15) is 17.4 Å². The van der Waals surface area contributed by atoms with Crippen molar-refractivity contribution in [3.05, 3.63) is 34.9 Å². The molecule has 1 aromatic rings. The summed E-state index contributed by atoms with van der Waals surface area (Å²) in [6.07, 6.45) is 1.11. The number of fused-ring (bicyclic) bond motifs is 1. The normalized spacial score (nSPS) is 18.0. The van der Waals surface area contributed by atoms with E-state index in [4.69, 9.17) is 5.11 Å². The van der Waals surface area contributed by atoms with Gasteiger partial charge < -0.3 is 5.11 Å². The van der Waals surface area contributed by atoms with E-state index in [9.17, 15) is 13.2 Å². The molecule has 1 aliphatic carbocycles. The molecule has 0 bridgehead atoms. The SMILES string of the molecule is CC(C)CN(C)S(=O)(=O)NC1Cc2ccc(C(=O)O)cc2C1. The summed E-state index contributed by atoms with van der Waals surface area (Å²) in [5.74, 6) is -0.719. The molecule has 0 radical (unpaired) electrons. The number of hydrogen-bond donors (Lipinski definition) is 2. The lowest BCUT2D eigenvalue weighted by Gasteiger charge is -2.22. The molecule has 6 nitrogen and oxygen atoms in total. The predicted octanol–water partition coefficient (Wildman–Crippen LogP) is 1.27. The van der Waals surface area contributed by atoms with Crippen LogP contribution in [-0.4, -0.2) is 43.4 Å². The Kier molecular flexibility index (Phi) is 4.89. The maximum atomic E-state index is 12.3. The summed E-state index contributed by atoms with van der Waals surface area (Å²) < 4.78 is 28.6. The average molecular weight is 326 g/mol. The molecule has 2 N–H and O–H groups in total. The molecule has 22 heavy (non-hydrogen) atoms. The van der Waals surface area contributed by atoms with Gasteiger partial charge in [0.2, 0.25) is 0 Å². The topological polar surface area (TPSA) is 86.7 Å². The summed E-state index contributed by atoms with van der Waals surface area (Å²) in [6, 6.07) is 4.73.